The third-order valence-corrected chi connectivity index (χ3v) is 7.52. The molecule has 1 unspecified atom stereocenters. The van der Waals surface area contributed by atoms with Gasteiger partial charge in [-0.2, -0.15) is 0 Å². The fraction of sp³-hybridized carbons (Fsp3) is 0.333. The number of piperazine rings is 1. The van der Waals surface area contributed by atoms with E-state index in [9.17, 15) is 14.4 Å². The predicted octanol–water partition coefficient (Wildman–Crippen LogP) is 3.37. The second kappa shape index (κ2) is 9.93. The summed E-state index contributed by atoms with van der Waals surface area (Å²) in [6.45, 7) is 4.60. The lowest BCUT2D eigenvalue weighted by Crippen LogP contribution is -2.48. The van der Waals surface area contributed by atoms with Crippen molar-refractivity contribution >= 4 is 57.3 Å². The Balaban J connectivity index is 1.33. The fourth-order valence-corrected chi connectivity index (χ4v) is 5.49. The van der Waals surface area contributed by atoms with Crippen LogP contribution in [0.5, 0.6) is 5.75 Å². The minimum atomic E-state index is -0.510. The molecule has 172 valence electrons. The highest BCUT2D eigenvalue weighted by Gasteiger charge is 2.41. The first-order chi connectivity index (χ1) is 15.9. The molecular formula is C24H25N3O4S2. The molecule has 0 N–H and O–H groups in total. The van der Waals surface area contributed by atoms with Gasteiger partial charge in [-0.1, -0.05) is 24.0 Å². The van der Waals surface area contributed by atoms with Crippen LogP contribution in [0.25, 0.3) is 0 Å². The number of carbonyl (C=O) groups excluding carboxylic acids is 3. The number of anilines is 2. The highest BCUT2D eigenvalue weighted by Crippen LogP contribution is 2.32. The molecule has 0 radical (unpaired) electrons. The zero-order valence-electron chi connectivity index (χ0n) is 18.5. The van der Waals surface area contributed by atoms with Gasteiger partial charge in [0, 0.05) is 43.9 Å². The molecule has 0 aromatic heterocycles. The third-order valence-electron chi connectivity index (χ3n) is 5.86. The molecule has 0 bridgehead atoms. The fourth-order valence-electron chi connectivity index (χ4n) is 3.95. The number of methoxy groups -OCH3 is 1. The molecule has 2 aromatic rings. The Bertz CT molecular complexity index is 1060. The van der Waals surface area contributed by atoms with Crippen molar-refractivity contribution in [3.8, 4) is 5.75 Å². The standard InChI is InChI=1S/C24H25N3O4S2/c1-16(28)17-3-5-18(6-4-17)25-11-13-26(14-12-25)24(32)33-21-15-22(29)27(23(21)30)19-7-9-20(31-2)10-8-19/h3-10,21H,11-15H2,1-2H3. The van der Waals surface area contributed by atoms with Gasteiger partial charge in [-0.15, -0.1) is 0 Å². The summed E-state index contributed by atoms with van der Waals surface area (Å²) in [5.41, 5.74) is 2.32. The van der Waals surface area contributed by atoms with Crippen LogP contribution in [0.3, 0.4) is 0 Å². The van der Waals surface area contributed by atoms with Crippen LogP contribution >= 0.6 is 24.0 Å². The van der Waals surface area contributed by atoms with Crippen molar-refractivity contribution in [1.82, 2.24) is 4.90 Å². The van der Waals surface area contributed by atoms with E-state index < -0.39 is 5.25 Å². The smallest absolute Gasteiger partial charge is 0.247 e. The maximum Gasteiger partial charge on any atom is 0.247 e. The van der Waals surface area contributed by atoms with E-state index in [0.29, 0.717) is 21.3 Å². The van der Waals surface area contributed by atoms with Crippen LogP contribution in [0.4, 0.5) is 11.4 Å². The van der Waals surface area contributed by atoms with Crippen molar-refractivity contribution in [1.29, 1.82) is 0 Å². The maximum atomic E-state index is 12.9. The first-order valence-corrected chi connectivity index (χ1v) is 12.0. The molecule has 2 aliphatic heterocycles. The number of amides is 2. The van der Waals surface area contributed by atoms with Crippen molar-refractivity contribution in [2.45, 2.75) is 18.6 Å². The predicted molar refractivity (Wildman–Crippen MR) is 134 cm³/mol. The number of rotatable bonds is 5. The summed E-state index contributed by atoms with van der Waals surface area (Å²) in [5.74, 6) is 0.268. The van der Waals surface area contributed by atoms with E-state index in [0.717, 1.165) is 31.9 Å². The van der Waals surface area contributed by atoms with Gasteiger partial charge in [0.25, 0.3) is 0 Å². The quantitative estimate of drug-likeness (QED) is 0.364. The molecule has 9 heteroatoms. The zero-order valence-corrected chi connectivity index (χ0v) is 20.2. The summed E-state index contributed by atoms with van der Waals surface area (Å²) in [6, 6.07) is 14.5. The highest BCUT2D eigenvalue weighted by atomic mass is 32.2. The molecule has 2 fully saturated rings. The number of nitrogens with zero attached hydrogens (tertiary/aromatic N) is 3. The van der Waals surface area contributed by atoms with Crippen LogP contribution in [-0.2, 0) is 9.59 Å². The Morgan fingerprint density at radius 2 is 1.58 bits per heavy atom. The van der Waals surface area contributed by atoms with Crippen LogP contribution in [0.15, 0.2) is 48.5 Å². The summed E-state index contributed by atoms with van der Waals surface area (Å²) in [6.07, 6.45) is 0.137. The lowest BCUT2D eigenvalue weighted by atomic mass is 10.1. The first kappa shape index (κ1) is 23.3. The van der Waals surface area contributed by atoms with Gasteiger partial charge >= 0.3 is 0 Å². The lowest BCUT2D eigenvalue weighted by Gasteiger charge is -2.37. The van der Waals surface area contributed by atoms with Gasteiger partial charge in [-0.3, -0.25) is 14.4 Å². The first-order valence-electron chi connectivity index (χ1n) is 10.7. The molecule has 2 amide bonds. The Morgan fingerprint density at radius 1 is 0.970 bits per heavy atom. The average molecular weight is 484 g/mol. The third kappa shape index (κ3) is 5.04. The number of hydrogen-bond acceptors (Lipinski definition) is 7. The van der Waals surface area contributed by atoms with Crippen molar-refractivity contribution in [2.24, 2.45) is 0 Å². The van der Waals surface area contributed by atoms with Gasteiger partial charge in [-0.25, -0.2) is 4.90 Å². The number of thiocarbonyl (C=S) groups is 1. The molecular weight excluding hydrogens is 458 g/mol. The Hall–Kier alpha value is -2.91. The Labute approximate surface area is 202 Å². The monoisotopic (exact) mass is 483 g/mol. The van der Waals surface area contributed by atoms with Gasteiger partial charge in [-0.05, 0) is 55.5 Å². The molecule has 0 aliphatic carbocycles. The number of ether oxygens (including phenoxy) is 1. The molecule has 0 spiro atoms. The number of benzene rings is 2. The lowest BCUT2D eigenvalue weighted by molar-refractivity contribution is -0.121. The van der Waals surface area contributed by atoms with Gasteiger partial charge in [0.15, 0.2) is 5.78 Å². The molecule has 2 saturated heterocycles. The van der Waals surface area contributed by atoms with Crippen LogP contribution in [0.1, 0.15) is 23.7 Å². The number of imide groups is 1. The number of thioether (sulfide) groups is 1. The average Bonchev–Trinajstić information content (AvgIpc) is 3.11. The van der Waals surface area contributed by atoms with Crippen molar-refractivity contribution in [3.63, 3.8) is 0 Å². The number of hydrogen-bond donors (Lipinski definition) is 0. The van der Waals surface area contributed by atoms with Crippen LogP contribution in [-0.4, -0.2) is 65.4 Å². The van der Waals surface area contributed by atoms with Crippen molar-refractivity contribution < 1.29 is 19.1 Å². The summed E-state index contributed by atoms with van der Waals surface area (Å²) in [5, 5.41) is -0.510. The topological polar surface area (TPSA) is 70.2 Å². The SMILES string of the molecule is COc1ccc(N2C(=O)CC(SC(=S)N3CCN(c4ccc(C(C)=O)cc4)CC3)C2=O)cc1. The molecule has 2 aliphatic rings. The number of ketones is 1. The highest BCUT2D eigenvalue weighted by molar-refractivity contribution is 8.23. The van der Waals surface area contributed by atoms with E-state index in [1.165, 1.54) is 16.7 Å². The minimum absolute atomic E-state index is 0.0549. The summed E-state index contributed by atoms with van der Waals surface area (Å²) < 4.78 is 5.79. The maximum absolute atomic E-state index is 12.9. The molecule has 2 aromatic carbocycles. The van der Waals surface area contributed by atoms with Gasteiger partial charge in [0.05, 0.1) is 12.8 Å². The Kier molecular flexibility index (Phi) is 6.99. The van der Waals surface area contributed by atoms with E-state index >= 15 is 0 Å². The van der Waals surface area contributed by atoms with E-state index in [2.05, 4.69) is 9.80 Å². The van der Waals surface area contributed by atoms with Gasteiger partial charge < -0.3 is 14.5 Å². The Morgan fingerprint density at radius 3 is 2.15 bits per heavy atom. The number of carbonyl (C=O) groups is 3. The normalized spacial score (nSPS) is 18.6. The molecule has 0 saturated carbocycles. The molecule has 2 heterocycles. The van der Waals surface area contributed by atoms with Gasteiger partial charge in [0.1, 0.15) is 15.3 Å². The minimum Gasteiger partial charge on any atom is -0.497 e. The summed E-state index contributed by atoms with van der Waals surface area (Å²) in [7, 11) is 1.57. The second-order valence-corrected chi connectivity index (χ2v) is 9.76. The molecule has 4 rings (SSSR count). The second-order valence-electron chi connectivity index (χ2n) is 7.92. The van der Waals surface area contributed by atoms with Crippen LogP contribution in [0.2, 0.25) is 0 Å². The molecule has 33 heavy (non-hydrogen) atoms. The van der Waals surface area contributed by atoms with Crippen LogP contribution in [0, 0.1) is 0 Å². The zero-order chi connectivity index (χ0) is 23.5. The van der Waals surface area contributed by atoms with E-state index in [1.54, 1.807) is 38.3 Å². The van der Waals surface area contributed by atoms with Gasteiger partial charge in [0.2, 0.25) is 11.8 Å². The molecule has 1 atom stereocenters. The number of Topliss-reactive ketones (excluding diaryl/α,β-unsaturated/α-hetero) is 1. The van der Waals surface area contributed by atoms with E-state index in [4.69, 9.17) is 17.0 Å². The van der Waals surface area contributed by atoms with Crippen molar-refractivity contribution in [2.75, 3.05) is 43.1 Å². The largest absolute Gasteiger partial charge is 0.497 e. The summed E-state index contributed by atoms with van der Waals surface area (Å²) in [4.78, 5) is 42.6. The van der Waals surface area contributed by atoms with Crippen LogP contribution < -0.4 is 14.5 Å². The van der Waals surface area contributed by atoms with E-state index in [1.807, 2.05) is 24.3 Å². The van der Waals surface area contributed by atoms with Crippen molar-refractivity contribution in [3.05, 3.63) is 54.1 Å². The summed E-state index contributed by atoms with van der Waals surface area (Å²) >= 11 is 6.92. The molecule has 7 nitrogen and oxygen atoms in total. The van der Waals surface area contributed by atoms with E-state index in [-0.39, 0.29) is 24.0 Å².